The first-order valence-corrected chi connectivity index (χ1v) is 7.04. The normalized spacial score (nSPS) is 15.7. The molecule has 3 N–H and O–H groups in total. The Hall–Kier alpha value is -1.75. The molecule has 2 rings (SSSR count). The van der Waals surface area contributed by atoms with Crippen molar-refractivity contribution in [1.82, 2.24) is 4.90 Å². The number of carbonyl (C=O) groups excluding carboxylic acids is 1. The monoisotopic (exact) mass is 277 g/mol. The van der Waals surface area contributed by atoms with Crippen LogP contribution in [0.3, 0.4) is 0 Å². The van der Waals surface area contributed by atoms with E-state index in [1.165, 1.54) is 12.8 Å². The van der Waals surface area contributed by atoms with E-state index in [2.05, 4.69) is 12.2 Å². The van der Waals surface area contributed by atoms with Gasteiger partial charge in [-0.15, -0.1) is 0 Å². The van der Waals surface area contributed by atoms with Crippen molar-refractivity contribution >= 4 is 17.4 Å². The number of anilines is 2. The number of hydrogen-bond donors (Lipinski definition) is 2. The average molecular weight is 277 g/mol. The molecular weight excluding hydrogens is 254 g/mol. The lowest BCUT2D eigenvalue weighted by Crippen LogP contribution is -2.44. The summed E-state index contributed by atoms with van der Waals surface area (Å²) in [6.07, 6.45) is 2.41. The summed E-state index contributed by atoms with van der Waals surface area (Å²) in [7, 11) is 1.65. The summed E-state index contributed by atoms with van der Waals surface area (Å²) in [5, 5.41) is 2.91. The number of nitrogens with zero attached hydrogens (tertiary/aromatic N) is 1. The number of hydrogen-bond acceptors (Lipinski definition) is 3. The molecule has 2 amide bonds. The van der Waals surface area contributed by atoms with Crippen LogP contribution in [0.5, 0.6) is 0 Å². The molecule has 1 atom stereocenters. The molecule has 0 spiro atoms. The number of ether oxygens (including phenoxy) is 1. The highest BCUT2D eigenvalue weighted by molar-refractivity contribution is 5.90. The maximum Gasteiger partial charge on any atom is 0.322 e. The highest BCUT2D eigenvalue weighted by Gasteiger charge is 2.34. The molecule has 0 aliphatic heterocycles. The molecule has 1 saturated carbocycles. The molecule has 0 heterocycles. The number of nitrogens with two attached hydrogens (primary N) is 1. The second-order valence-electron chi connectivity index (χ2n) is 5.32. The molecule has 0 radical (unpaired) electrons. The summed E-state index contributed by atoms with van der Waals surface area (Å²) in [5.74, 6) is 0.624. The van der Waals surface area contributed by atoms with Gasteiger partial charge >= 0.3 is 6.03 Å². The Morgan fingerprint density at radius 2 is 2.30 bits per heavy atom. The van der Waals surface area contributed by atoms with Crippen molar-refractivity contribution in [1.29, 1.82) is 0 Å². The Balaban J connectivity index is 2.01. The van der Waals surface area contributed by atoms with Gasteiger partial charge in [0.1, 0.15) is 0 Å². The summed E-state index contributed by atoms with van der Waals surface area (Å²) in [6, 6.07) is 7.37. The minimum atomic E-state index is -0.0907. The molecule has 1 unspecified atom stereocenters. The van der Waals surface area contributed by atoms with Crippen molar-refractivity contribution in [2.45, 2.75) is 25.8 Å². The van der Waals surface area contributed by atoms with Crippen LogP contribution in [0.1, 0.15) is 19.8 Å². The quantitative estimate of drug-likeness (QED) is 0.785. The van der Waals surface area contributed by atoms with Crippen LogP contribution in [0.25, 0.3) is 0 Å². The van der Waals surface area contributed by atoms with E-state index in [0.717, 1.165) is 5.69 Å². The molecule has 20 heavy (non-hydrogen) atoms. The average Bonchev–Trinajstić information content (AvgIpc) is 3.23. The van der Waals surface area contributed by atoms with Gasteiger partial charge in [0.15, 0.2) is 0 Å². The van der Waals surface area contributed by atoms with Crippen LogP contribution in [-0.2, 0) is 4.74 Å². The molecule has 0 bridgehead atoms. The Labute approximate surface area is 120 Å². The van der Waals surface area contributed by atoms with Crippen molar-refractivity contribution in [3.05, 3.63) is 24.3 Å². The SMILES string of the molecule is COCCN(C(=O)Nc1cccc(N)c1)C(C)C1CC1. The molecule has 0 saturated heterocycles. The van der Waals surface area contributed by atoms with E-state index >= 15 is 0 Å². The Bertz CT molecular complexity index is 460. The maximum absolute atomic E-state index is 12.4. The Morgan fingerprint density at radius 1 is 1.55 bits per heavy atom. The van der Waals surface area contributed by atoms with Gasteiger partial charge < -0.3 is 20.7 Å². The highest BCUT2D eigenvalue weighted by atomic mass is 16.5. The summed E-state index contributed by atoms with van der Waals surface area (Å²) in [5.41, 5.74) is 7.09. The first-order chi connectivity index (χ1) is 9.61. The summed E-state index contributed by atoms with van der Waals surface area (Å²) in [4.78, 5) is 14.3. The van der Waals surface area contributed by atoms with Gasteiger partial charge in [0.25, 0.3) is 0 Å². The van der Waals surface area contributed by atoms with E-state index in [4.69, 9.17) is 10.5 Å². The molecule has 0 aromatic heterocycles. The number of amides is 2. The largest absolute Gasteiger partial charge is 0.399 e. The van der Waals surface area contributed by atoms with Crippen LogP contribution >= 0.6 is 0 Å². The van der Waals surface area contributed by atoms with Gasteiger partial charge in [-0.25, -0.2) is 4.79 Å². The smallest absolute Gasteiger partial charge is 0.322 e. The molecule has 5 heteroatoms. The number of methoxy groups -OCH3 is 1. The van der Waals surface area contributed by atoms with Gasteiger partial charge in [-0.1, -0.05) is 6.07 Å². The number of nitrogen functional groups attached to an aromatic ring is 1. The molecule has 1 aromatic carbocycles. The summed E-state index contributed by atoms with van der Waals surface area (Å²) >= 11 is 0. The zero-order valence-electron chi connectivity index (χ0n) is 12.1. The number of nitrogens with one attached hydrogen (secondary N) is 1. The fraction of sp³-hybridized carbons (Fsp3) is 0.533. The molecule has 5 nitrogen and oxygen atoms in total. The molecule has 110 valence electrons. The number of rotatable bonds is 6. The van der Waals surface area contributed by atoms with E-state index < -0.39 is 0 Å². The van der Waals surface area contributed by atoms with Gasteiger partial charge in [0.2, 0.25) is 0 Å². The molecule has 1 aliphatic carbocycles. The zero-order chi connectivity index (χ0) is 14.5. The molecule has 1 aromatic rings. The summed E-state index contributed by atoms with van der Waals surface area (Å²) in [6.45, 7) is 3.25. The highest BCUT2D eigenvalue weighted by Crippen LogP contribution is 2.35. The lowest BCUT2D eigenvalue weighted by molar-refractivity contribution is 0.134. The predicted octanol–water partition coefficient (Wildman–Crippen LogP) is 2.55. The number of urea groups is 1. The van der Waals surface area contributed by atoms with Crippen LogP contribution in [0.2, 0.25) is 0 Å². The van der Waals surface area contributed by atoms with Gasteiger partial charge in [-0.05, 0) is 43.9 Å². The van der Waals surface area contributed by atoms with Gasteiger partial charge in [-0.3, -0.25) is 0 Å². The van der Waals surface area contributed by atoms with E-state index in [-0.39, 0.29) is 12.1 Å². The number of carbonyl (C=O) groups is 1. The van der Waals surface area contributed by atoms with E-state index in [1.807, 2.05) is 17.0 Å². The third-order valence-corrected chi connectivity index (χ3v) is 3.73. The zero-order valence-corrected chi connectivity index (χ0v) is 12.1. The van der Waals surface area contributed by atoms with Crippen LogP contribution in [-0.4, -0.2) is 37.2 Å². The Kier molecular flexibility index (Phi) is 4.84. The van der Waals surface area contributed by atoms with Gasteiger partial charge in [-0.2, -0.15) is 0 Å². The van der Waals surface area contributed by atoms with Crippen molar-refractivity contribution in [3.8, 4) is 0 Å². The van der Waals surface area contributed by atoms with E-state index in [9.17, 15) is 4.79 Å². The fourth-order valence-corrected chi connectivity index (χ4v) is 2.32. The Morgan fingerprint density at radius 3 is 2.90 bits per heavy atom. The van der Waals surface area contributed by atoms with E-state index in [0.29, 0.717) is 24.8 Å². The second kappa shape index (κ2) is 6.61. The van der Waals surface area contributed by atoms with Crippen molar-refractivity contribution in [2.24, 2.45) is 5.92 Å². The molecule has 1 aliphatic rings. The minimum Gasteiger partial charge on any atom is -0.399 e. The van der Waals surface area contributed by atoms with Crippen LogP contribution in [0.15, 0.2) is 24.3 Å². The van der Waals surface area contributed by atoms with Crippen molar-refractivity contribution in [3.63, 3.8) is 0 Å². The van der Waals surface area contributed by atoms with Crippen LogP contribution < -0.4 is 11.1 Å². The first kappa shape index (κ1) is 14.7. The topological polar surface area (TPSA) is 67.6 Å². The van der Waals surface area contributed by atoms with Crippen LogP contribution in [0.4, 0.5) is 16.2 Å². The molecular formula is C15H23N3O2. The predicted molar refractivity (Wildman–Crippen MR) is 80.6 cm³/mol. The van der Waals surface area contributed by atoms with Crippen molar-refractivity contribution in [2.75, 3.05) is 31.3 Å². The van der Waals surface area contributed by atoms with Crippen LogP contribution in [0, 0.1) is 5.92 Å². The van der Waals surface area contributed by atoms with Gasteiger partial charge in [0, 0.05) is 31.1 Å². The third-order valence-electron chi connectivity index (χ3n) is 3.73. The summed E-state index contributed by atoms with van der Waals surface area (Å²) < 4.78 is 5.10. The standard InChI is InChI=1S/C15H23N3O2/c1-11(12-6-7-12)18(8-9-20-2)15(19)17-14-5-3-4-13(16)10-14/h3-5,10-12H,6-9,16H2,1-2H3,(H,17,19). The first-order valence-electron chi connectivity index (χ1n) is 7.04. The molecule has 1 fully saturated rings. The third kappa shape index (κ3) is 3.87. The minimum absolute atomic E-state index is 0.0907. The second-order valence-corrected chi connectivity index (χ2v) is 5.32. The van der Waals surface area contributed by atoms with Crippen molar-refractivity contribution < 1.29 is 9.53 Å². The maximum atomic E-state index is 12.4. The lowest BCUT2D eigenvalue weighted by atomic mass is 10.2. The lowest BCUT2D eigenvalue weighted by Gasteiger charge is -2.29. The van der Waals surface area contributed by atoms with Gasteiger partial charge in [0.05, 0.1) is 6.61 Å². The number of benzene rings is 1. The fourth-order valence-electron chi connectivity index (χ4n) is 2.32. The van der Waals surface area contributed by atoms with E-state index in [1.54, 1.807) is 19.2 Å².